The zero-order valence-electron chi connectivity index (χ0n) is 13.3. The average Bonchev–Trinajstić information content (AvgIpc) is 2.54. The number of amides is 1. The van der Waals surface area contributed by atoms with Gasteiger partial charge >= 0.3 is 0 Å². The molecular weight excluding hydrogens is 403 g/mol. The Bertz CT molecular complexity index is 615. The molecule has 2 aromatic carbocycles. The van der Waals surface area contributed by atoms with Crippen LogP contribution in [0, 0.1) is 3.57 Å². The topological polar surface area (TPSA) is 41.6 Å². The quantitative estimate of drug-likeness (QED) is 0.695. The zero-order valence-corrected chi connectivity index (χ0v) is 15.5. The molecule has 122 valence electrons. The molecule has 0 bridgehead atoms. The lowest BCUT2D eigenvalue weighted by Crippen LogP contribution is -2.37. The molecule has 2 aromatic rings. The van der Waals surface area contributed by atoms with Crippen LogP contribution in [0.4, 0.5) is 0 Å². The summed E-state index contributed by atoms with van der Waals surface area (Å²) in [5.41, 5.74) is 1.09. The van der Waals surface area contributed by atoms with Crippen molar-refractivity contribution in [3.8, 4) is 5.75 Å². The van der Waals surface area contributed by atoms with Gasteiger partial charge in [-0.2, -0.15) is 0 Å². The fourth-order valence-electron chi connectivity index (χ4n) is 2.20. The van der Waals surface area contributed by atoms with Crippen LogP contribution < -0.4 is 10.1 Å². The predicted octanol–water partition coefficient (Wildman–Crippen LogP) is 3.09. The van der Waals surface area contributed by atoms with Gasteiger partial charge in [-0.05, 0) is 66.5 Å². The van der Waals surface area contributed by atoms with E-state index < -0.39 is 0 Å². The summed E-state index contributed by atoms with van der Waals surface area (Å²) >= 11 is 2.23. The van der Waals surface area contributed by atoms with Crippen LogP contribution in [0.3, 0.4) is 0 Å². The number of halogens is 1. The first kappa shape index (κ1) is 17.7. The fourth-order valence-corrected chi connectivity index (χ4v) is 2.56. The number of hydrogen-bond donors (Lipinski definition) is 1. The van der Waals surface area contributed by atoms with Crippen molar-refractivity contribution in [1.82, 2.24) is 10.2 Å². The van der Waals surface area contributed by atoms with Gasteiger partial charge in [-0.15, -0.1) is 0 Å². The number of likely N-dealkylation sites (N-methyl/N-ethyl adjacent to an activating group) is 1. The lowest BCUT2D eigenvalue weighted by Gasteiger charge is -2.23. The Kier molecular flexibility index (Phi) is 6.85. The molecule has 0 aliphatic carbocycles. The molecule has 0 aromatic heterocycles. The molecule has 2 rings (SSSR count). The van der Waals surface area contributed by atoms with Gasteiger partial charge in [-0.3, -0.25) is 4.79 Å². The second kappa shape index (κ2) is 8.88. The molecule has 0 saturated heterocycles. The molecule has 5 heteroatoms. The first-order valence-electron chi connectivity index (χ1n) is 7.42. The smallest absolute Gasteiger partial charge is 0.258 e. The highest BCUT2D eigenvalue weighted by Crippen LogP contribution is 2.15. The molecule has 0 fully saturated rings. The van der Waals surface area contributed by atoms with E-state index in [0.717, 1.165) is 15.7 Å². The third-order valence-electron chi connectivity index (χ3n) is 3.27. The monoisotopic (exact) mass is 424 g/mol. The number of nitrogens with zero attached hydrogens (tertiary/aromatic N) is 1. The van der Waals surface area contributed by atoms with Gasteiger partial charge in [-0.1, -0.05) is 30.3 Å². The highest BCUT2D eigenvalue weighted by molar-refractivity contribution is 14.1. The first-order chi connectivity index (χ1) is 11.0. The molecular formula is C18H21IN2O2. The molecule has 1 amide bonds. The van der Waals surface area contributed by atoms with Gasteiger partial charge in [0.05, 0.1) is 6.04 Å². The highest BCUT2D eigenvalue weighted by atomic mass is 127. The Balaban J connectivity index is 1.93. The normalized spacial score (nSPS) is 12.0. The highest BCUT2D eigenvalue weighted by Gasteiger charge is 2.15. The number of hydrogen-bond acceptors (Lipinski definition) is 3. The molecule has 1 unspecified atom stereocenters. The van der Waals surface area contributed by atoms with E-state index in [1.165, 1.54) is 0 Å². The van der Waals surface area contributed by atoms with Crippen LogP contribution in [0.5, 0.6) is 5.75 Å². The summed E-state index contributed by atoms with van der Waals surface area (Å²) in [5.74, 6) is 0.573. The summed E-state index contributed by atoms with van der Waals surface area (Å²) in [6.07, 6.45) is 0. The molecule has 0 spiro atoms. The molecule has 0 aliphatic heterocycles. The van der Waals surface area contributed by atoms with Crippen LogP contribution in [-0.4, -0.2) is 38.1 Å². The summed E-state index contributed by atoms with van der Waals surface area (Å²) < 4.78 is 6.67. The van der Waals surface area contributed by atoms with Crippen molar-refractivity contribution >= 4 is 28.5 Å². The van der Waals surface area contributed by atoms with E-state index in [9.17, 15) is 4.79 Å². The van der Waals surface area contributed by atoms with E-state index in [4.69, 9.17) is 4.74 Å². The van der Waals surface area contributed by atoms with Crippen LogP contribution in [0.25, 0.3) is 0 Å². The Hall–Kier alpha value is -1.60. The van der Waals surface area contributed by atoms with Crippen molar-refractivity contribution in [1.29, 1.82) is 0 Å². The largest absolute Gasteiger partial charge is 0.484 e. The van der Waals surface area contributed by atoms with E-state index in [0.29, 0.717) is 5.75 Å². The number of carbonyl (C=O) groups excluding carboxylic acids is 1. The number of carbonyl (C=O) groups is 1. The van der Waals surface area contributed by atoms with Gasteiger partial charge in [0.25, 0.3) is 5.91 Å². The van der Waals surface area contributed by atoms with Crippen molar-refractivity contribution < 1.29 is 9.53 Å². The minimum Gasteiger partial charge on any atom is -0.484 e. The fraction of sp³-hybridized carbons (Fsp3) is 0.278. The number of benzene rings is 2. The second-order valence-corrected chi connectivity index (χ2v) is 6.78. The van der Waals surface area contributed by atoms with Crippen molar-refractivity contribution in [2.45, 2.75) is 6.04 Å². The zero-order chi connectivity index (χ0) is 16.7. The molecule has 4 nitrogen and oxygen atoms in total. The van der Waals surface area contributed by atoms with Crippen LogP contribution in [0.2, 0.25) is 0 Å². The van der Waals surface area contributed by atoms with Crippen molar-refractivity contribution in [2.24, 2.45) is 0 Å². The lowest BCUT2D eigenvalue weighted by molar-refractivity contribution is -0.124. The van der Waals surface area contributed by atoms with Crippen LogP contribution in [-0.2, 0) is 4.79 Å². The Morgan fingerprint density at radius 1 is 1.13 bits per heavy atom. The average molecular weight is 424 g/mol. The second-order valence-electron chi connectivity index (χ2n) is 5.54. The summed E-state index contributed by atoms with van der Waals surface area (Å²) in [7, 11) is 3.98. The van der Waals surface area contributed by atoms with E-state index in [1.807, 2.05) is 68.7 Å². The standard InChI is InChI=1S/C18H21IN2O2/c1-21(2)12-17(14-6-4-3-5-7-14)20-18(22)13-23-16-10-8-15(19)9-11-16/h3-11,17H,12-13H2,1-2H3,(H,20,22). The predicted molar refractivity (Wildman–Crippen MR) is 101 cm³/mol. The Morgan fingerprint density at radius 3 is 2.39 bits per heavy atom. The molecule has 23 heavy (non-hydrogen) atoms. The van der Waals surface area contributed by atoms with Gasteiger partial charge < -0.3 is 15.0 Å². The maximum Gasteiger partial charge on any atom is 0.258 e. The Labute approximate surface area is 151 Å². The SMILES string of the molecule is CN(C)CC(NC(=O)COc1ccc(I)cc1)c1ccccc1. The lowest BCUT2D eigenvalue weighted by atomic mass is 10.1. The third kappa shape index (κ3) is 6.19. The maximum absolute atomic E-state index is 12.2. The Morgan fingerprint density at radius 2 is 1.78 bits per heavy atom. The molecule has 0 heterocycles. The van der Waals surface area contributed by atoms with E-state index in [1.54, 1.807) is 0 Å². The van der Waals surface area contributed by atoms with Gasteiger partial charge in [-0.25, -0.2) is 0 Å². The maximum atomic E-state index is 12.2. The minimum atomic E-state index is -0.126. The van der Waals surface area contributed by atoms with Crippen molar-refractivity contribution in [2.75, 3.05) is 27.2 Å². The summed E-state index contributed by atoms with van der Waals surface area (Å²) in [6, 6.07) is 17.5. The number of nitrogens with one attached hydrogen (secondary N) is 1. The van der Waals surface area contributed by atoms with Crippen LogP contribution >= 0.6 is 22.6 Å². The van der Waals surface area contributed by atoms with Gasteiger partial charge in [0.15, 0.2) is 6.61 Å². The molecule has 0 radical (unpaired) electrons. The molecule has 1 N–H and O–H groups in total. The third-order valence-corrected chi connectivity index (χ3v) is 3.99. The van der Waals surface area contributed by atoms with Crippen LogP contribution in [0.15, 0.2) is 54.6 Å². The summed E-state index contributed by atoms with van der Waals surface area (Å²) in [6.45, 7) is 0.747. The van der Waals surface area contributed by atoms with Crippen LogP contribution in [0.1, 0.15) is 11.6 Å². The summed E-state index contributed by atoms with van der Waals surface area (Å²) in [4.78, 5) is 14.2. The van der Waals surface area contributed by atoms with E-state index in [2.05, 4.69) is 32.8 Å². The van der Waals surface area contributed by atoms with Crippen molar-refractivity contribution in [3.63, 3.8) is 0 Å². The minimum absolute atomic E-state index is 0.0113. The molecule has 1 atom stereocenters. The first-order valence-corrected chi connectivity index (χ1v) is 8.50. The van der Waals surface area contributed by atoms with E-state index >= 15 is 0 Å². The number of ether oxygens (including phenoxy) is 1. The van der Waals surface area contributed by atoms with Gasteiger partial charge in [0, 0.05) is 10.1 Å². The van der Waals surface area contributed by atoms with E-state index in [-0.39, 0.29) is 18.6 Å². The molecule has 0 saturated carbocycles. The summed E-state index contributed by atoms with van der Waals surface area (Å²) in [5, 5.41) is 3.04. The number of rotatable bonds is 7. The molecule has 0 aliphatic rings. The van der Waals surface area contributed by atoms with Gasteiger partial charge in [0.2, 0.25) is 0 Å². The van der Waals surface area contributed by atoms with Gasteiger partial charge in [0.1, 0.15) is 5.75 Å². The van der Waals surface area contributed by atoms with Crippen molar-refractivity contribution in [3.05, 3.63) is 63.7 Å².